The Morgan fingerprint density at radius 2 is 1.14 bits per heavy atom. The second-order valence-corrected chi connectivity index (χ2v) is 15.9. The summed E-state index contributed by atoms with van der Waals surface area (Å²) in [4.78, 5) is 14.5. The van der Waals surface area contributed by atoms with Gasteiger partial charge in [0.05, 0.1) is 25.4 Å². The van der Waals surface area contributed by atoms with Gasteiger partial charge in [0, 0.05) is 17.7 Å². The van der Waals surface area contributed by atoms with Gasteiger partial charge in [-0.3, -0.25) is 4.79 Å². The number of hydrogen-bond donors (Lipinski definition) is 15. The molecule has 0 aliphatic carbocycles. The minimum atomic E-state index is -2.12. The SMILES string of the molecule is CC1O[C@@H](OC2C(O)[C@H](O)C(CO[C@@H]3OC(C)[C@H](O)[C@H](O)C3O)O[C@H]2Oc2c(-c3ccc(O)c(O)c3)oc3cc(O[C@@H]4OC(CO)[C@@H](O)[C@H](O)C4O)cc(O)c3c2=O)[C@@H](O)C(O)[C@H]1O. The maximum absolute atomic E-state index is 14.5. The molecule has 20 atom stereocenters. The van der Waals surface area contributed by atoms with E-state index >= 15 is 0 Å². The quantitative estimate of drug-likeness (QED) is 0.0798. The molecule has 0 spiro atoms. The molecule has 2 aromatic carbocycles. The molecule has 0 radical (unpaired) electrons. The van der Waals surface area contributed by atoms with Crippen molar-refractivity contribution >= 4 is 11.0 Å². The van der Waals surface area contributed by atoms with E-state index in [0.29, 0.717) is 0 Å². The lowest BCUT2D eigenvalue weighted by molar-refractivity contribution is -0.360. The van der Waals surface area contributed by atoms with Gasteiger partial charge in [-0.25, -0.2) is 0 Å². The molecule has 0 amide bonds. The van der Waals surface area contributed by atoms with Crippen LogP contribution in [0.1, 0.15) is 13.8 Å². The van der Waals surface area contributed by atoms with Gasteiger partial charge in [-0.15, -0.1) is 0 Å². The molecule has 3 aromatic rings. The molecule has 0 saturated carbocycles. The number of ether oxygens (including phenoxy) is 8. The number of aliphatic hydroxyl groups excluding tert-OH is 12. The van der Waals surface area contributed by atoms with Crippen molar-refractivity contribution in [3.8, 4) is 40.1 Å². The first kappa shape index (κ1) is 47.9. The molecule has 4 aliphatic rings. The second-order valence-electron chi connectivity index (χ2n) is 15.9. The Labute approximate surface area is 360 Å². The summed E-state index contributed by atoms with van der Waals surface area (Å²) in [5, 5.41) is 157. The van der Waals surface area contributed by atoms with Crippen molar-refractivity contribution in [1.29, 1.82) is 0 Å². The van der Waals surface area contributed by atoms with E-state index in [1.165, 1.54) is 13.8 Å². The number of benzene rings is 2. The summed E-state index contributed by atoms with van der Waals surface area (Å²) >= 11 is 0. The van der Waals surface area contributed by atoms with Gasteiger partial charge < -0.3 is 119 Å². The zero-order valence-corrected chi connectivity index (χ0v) is 33.6. The maximum Gasteiger partial charge on any atom is 0.239 e. The third-order valence-corrected chi connectivity index (χ3v) is 11.5. The fourth-order valence-corrected chi connectivity index (χ4v) is 7.61. The van der Waals surface area contributed by atoms with Crippen molar-refractivity contribution in [2.45, 2.75) is 137 Å². The molecule has 15 N–H and O–H groups in total. The number of phenolic OH excluding ortho intramolecular Hbond substituents is 3. The number of aromatic hydroxyl groups is 3. The van der Waals surface area contributed by atoms with Crippen molar-refractivity contribution in [2.75, 3.05) is 13.2 Å². The van der Waals surface area contributed by atoms with Gasteiger partial charge in [-0.2, -0.15) is 0 Å². The lowest BCUT2D eigenvalue weighted by Gasteiger charge is -2.46. The summed E-state index contributed by atoms with van der Waals surface area (Å²) in [6.45, 7) is 1.16. The van der Waals surface area contributed by atoms with Crippen LogP contribution in [0, 0.1) is 0 Å². The Bertz CT molecular complexity index is 2150. The van der Waals surface area contributed by atoms with Crippen LogP contribution in [0.25, 0.3) is 22.3 Å². The highest BCUT2D eigenvalue weighted by atomic mass is 16.8. The summed E-state index contributed by atoms with van der Waals surface area (Å²) in [6, 6.07) is 5.00. The smallest absolute Gasteiger partial charge is 0.239 e. The molecule has 4 saturated heterocycles. The largest absolute Gasteiger partial charge is 0.507 e. The average Bonchev–Trinajstić information content (AvgIpc) is 3.26. The average molecular weight is 919 g/mol. The molecule has 64 heavy (non-hydrogen) atoms. The Kier molecular flexibility index (Phi) is 14.2. The van der Waals surface area contributed by atoms with Crippen LogP contribution < -0.4 is 14.9 Å². The van der Waals surface area contributed by atoms with Gasteiger partial charge in [-0.05, 0) is 32.0 Å². The summed E-state index contributed by atoms with van der Waals surface area (Å²) < 4.78 is 51.5. The Morgan fingerprint density at radius 3 is 1.78 bits per heavy atom. The molecule has 25 nitrogen and oxygen atoms in total. The summed E-state index contributed by atoms with van der Waals surface area (Å²) in [5.74, 6) is -3.98. The molecular weight excluding hydrogens is 868 g/mol. The molecular formula is C39H50O25. The number of fused-ring (bicyclic) bond motifs is 1. The third kappa shape index (κ3) is 9.06. The monoisotopic (exact) mass is 918 g/mol. The second kappa shape index (κ2) is 19.0. The van der Waals surface area contributed by atoms with E-state index in [4.69, 9.17) is 42.3 Å². The standard InChI is InChI=1S/C39H50O25/c1-10-21(44)26(49)30(53)36(57-10)56-9-19-24(47)29(52)35(64-37-31(54)27(50)22(45)11(2)58-37)39(62-19)63-34-25(48)20-16(43)6-13(59-38-32(55)28(51)23(46)18(8-40)61-38)7-17(20)60-33(34)12-3-4-14(41)15(42)5-12/h3-7,10-11,18-19,21-24,26-32,35-47,49-55H,8-9H2,1-2H3/t10?,11?,18?,19?,21-,22-,23+,24+,26-,27?,28-,29?,30?,31-,32?,35?,36+,37-,38+,39-/m0/s1. The number of phenols is 3. The molecule has 4 fully saturated rings. The first-order valence-electron chi connectivity index (χ1n) is 19.9. The van der Waals surface area contributed by atoms with E-state index in [2.05, 4.69) is 0 Å². The number of rotatable bonds is 11. The zero-order chi connectivity index (χ0) is 46.6. The first-order chi connectivity index (χ1) is 30.2. The van der Waals surface area contributed by atoms with Crippen molar-refractivity contribution in [3.63, 3.8) is 0 Å². The predicted octanol–water partition coefficient (Wildman–Crippen LogP) is -5.36. The minimum absolute atomic E-state index is 0.187. The van der Waals surface area contributed by atoms with Crippen LogP contribution >= 0.6 is 0 Å². The molecule has 4 aliphatic heterocycles. The van der Waals surface area contributed by atoms with E-state index in [1.807, 2.05) is 0 Å². The molecule has 356 valence electrons. The van der Waals surface area contributed by atoms with Crippen LogP contribution in [0.15, 0.2) is 39.5 Å². The van der Waals surface area contributed by atoms with Crippen molar-refractivity contribution in [2.24, 2.45) is 0 Å². The van der Waals surface area contributed by atoms with E-state index in [-0.39, 0.29) is 11.3 Å². The lowest BCUT2D eigenvalue weighted by Crippen LogP contribution is -2.65. The summed E-state index contributed by atoms with van der Waals surface area (Å²) in [7, 11) is 0. The highest BCUT2D eigenvalue weighted by Crippen LogP contribution is 2.41. The third-order valence-electron chi connectivity index (χ3n) is 11.5. The molecule has 7 rings (SSSR count). The molecule has 25 heteroatoms. The predicted molar refractivity (Wildman–Crippen MR) is 204 cm³/mol. The van der Waals surface area contributed by atoms with Gasteiger partial charge >= 0.3 is 0 Å². The van der Waals surface area contributed by atoms with E-state index in [1.54, 1.807) is 0 Å². The topological polar surface area (TPSA) is 408 Å². The zero-order valence-electron chi connectivity index (χ0n) is 33.6. The van der Waals surface area contributed by atoms with E-state index in [0.717, 1.165) is 30.3 Å². The fraction of sp³-hybridized carbons (Fsp3) is 0.615. The highest BCUT2D eigenvalue weighted by Gasteiger charge is 2.52. The van der Waals surface area contributed by atoms with Gasteiger partial charge in [0.2, 0.25) is 23.8 Å². The maximum atomic E-state index is 14.5. The Balaban J connectivity index is 1.28. The lowest BCUT2D eigenvalue weighted by atomic mass is 9.97. The van der Waals surface area contributed by atoms with Gasteiger partial charge in [0.25, 0.3) is 0 Å². The number of hydrogen-bond acceptors (Lipinski definition) is 25. The van der Waals surface area contributed by atoms with Crippen LogP contribution in [0.4, 0.5) is 0 Å². The van der Waals surface area contributed by atoms with Crippen LogP contribution in [0.5, 0.6) is 28.7 Å². The Hall–Kier alpha value is -4.07. The number of aliphatic hydroxyl groups is 12. The van der Waals surface area contributed by atoms with Crippen LogP contribution in [-0.4, -0.2) is 213 Å². The van der Waals surface area contributed by atoms with Crippen molar-refractivity contribution in [3.05, 3.63) is 40.6 Å². The van der Waals surface area contributed by atoms with E-state index < -0.39 is 181 Å². The molecule has 5 heterocycles. The van der Waals surface area contributed by atoms with Gasteiger partial charge in [0.15, 0.2) is 35.9 Å². The molecule has 0 bridgehead atoms. The van der Waals surface area contributed by atoms with Crippen LogP contribution in [0.3, 0.4) is 0 Å². The highest BCUT2D eigenvalue weighted by molar-refractivity contribution is 5.88. The molecule has 9 unspecified atom stereocenters. The van der Waals surface area contributed by atoms with Crippen molar-refractivity contribution in [1.82, 2.24) is 0 Å². The summed E-state index contributed by atoms with van der Waals surface area (Å²) in [6.07, 6.45) is -34.6. The normalized spacial score (nSPS) is 40.6. The van der Waals surface area contributed by atoms with Crippen molar-refractivity contribution < 1.29 is 119 Å². The fourth-order valence-electron chi connectivity index (χ4n) is 7.61. The van der Waals surface area contributed by atoms with Crippen LogP contribution in [0.2, 0.25) is 0 Å². The minimum Gasteiger partial charge on any atom is -0.507 e. The van der Waals surface area contributed by atoms with E-state index in [9.17, 15) is 81.4 Å². The first-order valence-corrected chi connectivity index (χ1v) is 19.9. The Morgan fingerprint density at radius 1 is 0.562 bits per heavy atom. The van der Waals surface area contributed by atoms with Gasteiger partial charge in [0.1, 0.15) is 102 Å². The summed E-state index contributed by atoms with van der Waals surface area (Å²) in [5.41, 5.74) is -1.85. The van der Waals surface area contributed by atoms with Gasteiger partial charge in [-0.1, -0.05) is 0 Å². The molecule has 1 aromatic heterocycles. The van der Waals surface area contributed by atoms with Crippen LogP contribution in [-0.2, 0) is 28.4 Å².